The number of nitrogens with zero attached hydrogens (tertiary/aromatic N) is 7. The van der Waals surface area contributed by atoms with Gasteiger partial charge in [-0.25, -0.2) is 40.6 Å². The van der Waals surface area contributed by atoms with Crippen molar-refractivity contribution in [3.8, 4) is 22.7 Å². The molecule has 14 nitrogen and oxygen atoms in total. The fraction of sp³-hybridized carbons (Fsp3) is 0.273. The summed E-state index contributed by atoms with van der Waals surface area (Å²) < 4.78 is 89.0. The lowest BCUT2D eigenvalue weighted by Crippen LogP contribution is -2.48. The zero-order valence-corrected chi connectivity index (χ0v) is 29.0. The molecular weight excluding hydrogens is 705 g/mol. The average molecular weight is 738 g/mol. The van der Waals surface area contributed by atoms with Crippen LogP contribution in [0.1, 0.15) is 12.8 Å². The lowest BCUT2D eigenvalue weighted by atomic mass is 10.1. The molecule has 51 heavy (non-hydrogen) atoms. The van der Waals surface area contributed by atoms with E-state index in [9.17, 15) is 21.2 Å². The summed E-state index contributed by atoms with van der Waals surface area (Å²) in [6.07, 6.45) is 6.28. The summed E-state index contributed by atoms with van der Waals surface area (Å²) in [6.45, 7) is 3.25. The molecule has 0 bridgehead atoms. The summed E-state index contributed by atoms with van der Waals surface area (Å²) in [5.41, 5.74) is 1.18. The van der Waals surface area contributed by atoms with Gasteiger partial charge in [-0.1, -0.05) is 12.1 Å². The summed E-state index contributed by atoms with van der Waals surface area (Å²) in [6, 6.07) is 14.2. The maximum atomic E-state index is 15.0. The van der Waals surface area contributed by atoms with Crippen LogP contribution in [0.3, 0.4) is 0 Å². The highest BCUT2D eigenvalue weighted by molar-refractivity contribution is 7.92. The van der Waals surface area contributed by atoms with E-state index in [4.69, 9.17) is 9.40 Å². The first-order chi connectivity index (χ1) is 24.4. The number of benzene rings is 2. The van der Waals surface area contributed by atoms with Gasteiger partial charge in [0.15, 0.2) is 5.76 Å². The number of sulfonamides is 2. The van der Waals surface area contributed by atoms with Gasteiger partial charge in [-0.05, 0) is 61.4 Å². The van der Waals surface area contributed by atoms with Gasteiger partial charge in [-0.15, -0.1) is 0 Å². The third-order valence-electron chi connectivity index (χ3n) is 8.53. The molecule has 2 aliphatic rings. The number of pyridine rings is 1. The number of oxazole rings is 1. The molecule has 5 heterocycles. The number of aromatic nitrogens is 4. The van der Waals surface area contributed by atoms with Crippen LogP contribution in [-0.2, 0) is 20.0 Å². The SMILES string of the molecule is CS(=O)(=O)N1CCN(c2ccc(Nc3nccc(-c4oc(N5CCCC5)nc4-c4ccc(F)c(NS(=O)(=O)c5ccccc5F)c4)n3)cn2)CC1. The molecule has 0 spiro atoms. The predicted octanol–water partition coefficient (Wildman–Crippen LogP) is 4.70. The van der Waals surface area contributed by atoms with Crippen LogP contribution in [-0.4, -0.2) is 86.6 Å². The first-order valence-electron chi connectivity index (χ1n) is 16.0. The second kappa shape index (κ2) is 13.8. The number of nitrogens with one attached hydrogen (secondary N) is 2. The second-order valence-corrected chi connectivity index (χ2v) is 15.7. The standard InChI is InChI=1S/C33H33F2N9O5S2/c1-50(45,46)44-18-16-42(17-19-44)29-11-9-23(21-37-29)38-32-36-13-12-26(39-32)31-30(40-33(49-31)43-14-4-5-15-43)22-8-10-24(34)27(20-22)41-51(47,48)28-7-3-2-6-25(28)35/h2-3,6-13,20-21,41H,4-5,14-19H2,1H3,(H,36,38,39). The minimum Gasteiger partial charge on any atom is -0.421 e. The van der Waals surface area contributed by atoms with Crippen molar-refractivity contribution < 1.29 is 30.0 Å². The molecule has 7 rings (SSSR count). The second-order valence-electron chi connectivity index (χ2n) is 12.0. The molecule has 0 aliphatic carbocycles. The Balaban J connectivity index is 1.15. The molecule has 3 aromatic heterocycles. The van der Waals surface area contributed by atoms with E-state index in [0.717, 1.165) is 44.1 Å². The van der Waals surface area contributed by atoms with Gasteiger partial charge in [0, 0.05) is 51.0 Å². The van der Waals surface area contributed by atoms with Gasteiger partial charge in [0.2, 0.25) is 16.0 Å². The number of rotatable bonds is 10. The Kier molecular flexibility index (Phi) is 9.30. The minimum atomic E-state index is -4.47. The van der Waals surface area contributed by atoms with Gasteiger partial charge >= 0.3 is 0 Å². The molecular formula is C33H33F2N9O5S2. The van der Waals surface area contributed by atoms with Crippen LogP contribution in [0.5, 0.6) is 0 Å². The van der Waals surface area contributed by atoms with E-state index in [1.165, 1.54) is 41.0 Å². The van der Waals surface area contributed by atoms with E-state index in [-0.39, 0.29) is 17.4 Å². The van der Waals surface area contributed by atoms with E-state index in [1.807, 2.05) is 21.9 Å². The van der Waals surface area contributed by atoms with Crippen molar-refractivity contribution in [1.82, 2.24) is 24.2 Å². The minimum absolute atomic E-state index is 0.228. The van der Waals surface area contributed by atoms with Gasteiger partial charge in [0.1, 0.15) is 33.7 Å². The molecule has 266 valence electrons. The molecule has 0 saturated carbocycles. The van der Waals surface area contributed by atoms with Crippen LogP contribution < -0.4 is 19.8 Å². The molecule has 0 amide bonds. The highest BCUT2D eigenvalue weighted by atomic mass is 32.2. The Morgan fingerprint density at radius 3 is 2.27 bits per heavy atom. The quantitative estimate of drug-likeness (QED) is 0.203. The van der Waals surface area contributed by atoms with Crippen LogP contribution >= 0.6 is 0 Å². The van der Waals surface area contributed by atoms with E-state index < -0.39 is 42.3 Å². The van der Waals surface area contributed by atoms with E-state index in [1.54, 1.807) is 12.3 Å². The van der Waals surface area contributed by atoms with Crippen molar-refractivity contribution in [2.24, 2.45) is 0 Å². The highest BCUT2D eigenvalue weighted by Gasteiger charge is 2.27. The van der Waals surface area contributed by atoms with Crippen molar-refractivity contribution in [3.63, 3.8) is 0 Å². The Morgan fingerprint density at radius 2 is 1.57 bits per heavy atom. The lowest BCUT2D eigenvalue weighted by molar-refractivity contribution is 0.387. The molecule has 0 radical (unpaired) electrons. The third kappa shape index (κ3) is 7.47. The number of anilines is 5. The average Bonchev–Trinajstić information content (AvgIpc) is 3.81. The Hall–Kier alpha value is -5.20. The Bertz CT molecular complexity index is 2280. The third-order valence-corrected chi connectivity index (χ3v) is 11.2. The summed E-state index contributed by atoms with van der Waals surface area (Å²) in [5, 5.41) is 3.13. The predicted molar refractivity (Wildman–Crippen MR) is 188 cm³/mol. The van der Waals surface area contributed by atoms with Crippen LogP contribution in [0.2, 0.25) is 0 Å². The van der Waals surface area contributed by atoms with Crippen molar-refractivity contribution in [1.29, 1.82) is 0 Å². The number of piperazine rings is 1. The molecule has 0 unspecified atom stereocenters. The van der Waals surface area contributed by atoms with Crippen molar-refractivity contribution in [2.75, 3.05) is 65.4 Å². The van der Waals surface area contributed by atoms with Crippen LogP contribution in [0, 0.1) is 11.6 Å². The number of halogens is 2. The molecule has 18 heteroatoms. The summed E-state index contributed by atoms with van der Waals surface area (Å²) in [7, 11) is -7.71. The fourth-order valence-electron chi connectivity index (χ4n) is 5.91. The topological polar surface area (TPSA) is 167 Å². The number of hydrogen-bond acceptors (Lipinski definition) is 12. The van der Waals surface area contributed by atoms with E-state index in [0.29, 0.717) is 55.0 Å². The summed E-state index contributed by atoms with van der Waals surface area (Å²) >= 11 is 0. The maximum Gasteiger partial charge on any atom is 0.298 e. The number of hydrogen-bond donors (Lipinski definition) is 2. The molecule has 2 aliphatic heterocycles. The van der Waals surface area contributed by atoms with Gasteiger partial charge in [0.25, 0.3) is 16.0 Å². The van der Waals surface area contributed by atoms with Crippen molar-refractivity contribution >= 4 is 49.2 Å². The zero-order chi connectivity index (χ0) is 35.8. The van der Waals surface area contributed by atoms with Crippen LogP contribution in [0.4, 0.5) is 37.9 Å². The maximum absolute atomic E-state index is 15.0. The van der Waals surface area contributed by atoms with E-state index >= 15 is 4.39 Å². The van der Waals surface area contributed by atoms with Crippen LogP contribution in [0.25, 0.3) is 22.7 Å². The fourth-order valence-corrected chi connectivity index (χ4v) is 7.87. The van der Waals surface area contributed by atoms with Crippen LogP contribution in [0.15, 0.2) is 82.4 Å². The lowest BCUT2D eigenvalue weighted by Gasteiger charge is -2.33. The molecule has 2 saturated heterocycles. The molecule has 5 aromatic rings. The largest absolute Gasteiger partial charge is 0.421 e. The molecule has 2 aromatic carbocycles. The van der Waals surface area contributed by atoms with E-state index in [2.05, 4.69) is 25.0 Å². The van der Waals surface area contributed by atoms with Crippen molar-refractivity contribution in [3.05, 3.63) is 84.7 Å². The Labute approximate surface area is 293 Å². The van der Waals surface area contributed by atoms with Gasteiger partial charge in [-0.3, -0.25) is 4.72 Å². The smallest absolute Gasteiger partial charge is 0.298 e. The first kappa shape index (κ1) is 34.3. The molecule has 2 fully saturated rings. The normalized spacial score (nSPS) is 15.7. The first-order valence-corrected chi connectivity index (χ1v) is 19.4. The molecule has 2 N–H and O–H groups in total. The van der Waals surface area contributed by atoms with Gasteiger partial charge in [-0.2, -0.15) is 9.29 Å². The summed E-state index contributed by atoms with van der Waals surface area (Å²) in [5.74, 6) is -0.655. The van der Waals surface area contributed by atoms with Gasteiger partial charge in [0.05, 0.1) is 23.8 Å². The van der Waals surface area contributed by atoms with Crippen molar-refractivity contribution in [2.45, 2.75) is 17.7 Å². The highest BCUT2D eigenvalue weighted by Crippen LogP contribution is 2.37. The summed E-state index contributed by atoms with van der Waals surface area (Å²) in [4.78, 5) is 21.6. The zero-order valence-electron chi connectivity index (χ0n) is 27.3. The van der Waals surface area contributed by atoms with Gasteiger partial charge < -0.3 is 19.5 Å². The molecule has 0 atom stereocenters. The monoisotopic (exact) mass is 737 g/mol. The Morgan fingerprint density at radius 1 is 0.804 bits per heavy atom.